The Morgan fingerprint density at radius 2 is 2.07 bits per heavy atom. The summed E-state index contributed by atoms with van der Waals surface area (Å²) in [5.41, 5.74) is 0.238. The van der Waals surface area contributed by atoms with E-state index in [2.05, 4.69) is 43.7 Å². The summed E-state index contributed by atoms with van der Waals surface area (Å²) in [5, 5.41) is 8.66. The van der Waals surface area contributed by atoms with Gasteiger partial charge in [0.15, 0.2) is 0 Å². The van der Waals surface area contributed by atoms with Gasteiger partial charge < -0.3 is 0 Å². The second-order valence-electron chi connectivity index (χ2n) is 4.92. The molecule has 0 spiro atoms. The van der Waals surface area contributed by atoms with Crippen molar-refractivity contribution in [1.82, 2.24) is 9.80 Å². The van der Waals surface area contributed by atoms with E-state index in [1.165, 1.54) is 0 Å². The highest BCUT2D eigenvalue weighted by Crippen LogP contribution is 2.20. The Morgan fingerprint density at radius 3 is 2.57 bits per heavy atom. The molecule has 1 aliphatic rings. The molecule has 1 rings (SSSR count). The molecule has 1 atom stereocenters. The lowest BCUT2D eigenvalue weighted by Gasteiger charge is -2.47. The molecule has 0 N–H and O–H groups in total. The molecule has 0 aromatic heterocycles. The third-order valence-electron chi connectivity index (χ3n) is 3.36. The molecule has 1 unspecified atom stereocenters. The fourth-order valence-corrected chi connectivity index (χ4v) is 1.92. The van der Waals surface area contributed by atoms with E-state index in [0.717, 1.165) is 19.6 Å². The van der Waals surface area contributed by atoms with Gasteiger partial charge in [0, 0.05) is 31.2 Å². The summed E-state index contributed by atoms with van der Waals surface area (Å²) in [6, 6.07) is 2.64. The first-order valence-corrected chi connectivity index (χ1v) is 5.29. The minimum Gasteiger partial charge on any atom is -0.299 e. The molecule has 0 aliphatic carbocycles. The van der Waals surface area contributed by atoms with Crippen molar-refractivity contribution in [2.75, 3.05) is 26.7 Å². The van der Waals surface area contributed by atoms with Gasteiger partial charge in [-0.1, -0.05) is 0 Å². The molecule has 80 valence electrons. The van der Waals surface area contributed by atoms with Crippen LogP contribution >= 0.6 is 0 Å². The molecule has 1 fully saturated rings. The average Bonchev–Trinajstić information content (AvgIpc) is 2.10. The maximum atomic E-state index is 8.66. The van der Waals surface area contributed by atoms with Crippen LogP contribution in [-0.4, -0.2) is 48.1 Å². The van der Waals surface area contributed by atoms with Crippen LogP contribution in [0.15, 0.2) is 0 Å². The van der Waals surface area contributed by atoms with Crippen molar-refractivity contribution >= 4 is 0 Å². The molecule has 3 nitrogen and oxygen atoms in total. The monoisotopic (exact) mass is 195 g/mol. The van der Waals surface area contributed by atoms with Crippen molar-refractivity contribution in [2.24, 2.45) is 0 Å². The van der Waals surface area contributed by atoms with Gasteiger partial charge in [-0.2, -0.15) is 5.26 Å². The van der Waals surface area contributed by atoms with E-state index in [9.17, 15) is 0 Å². The van der Waals surface area contributed by atoms with Crippen LogP contribution in [0.5, 0.6) is 0 Å². The highest BCUT2D eigenvalue weighted by molar-refractivity contribution is 4.91. The molecule has 1 heterocycles. The fraction of sp³-hybridized carbons (Fsp3) is 0.909. The van der Waals surface area contributed by atoms with Crippen LogP contribution in [-0.2, 0) is 0 Å². The van der Waals surface area contributed by atoms with Crippen molar-refractivity contribution in [3.8, 4) is 6.07 Å². The normalized spacial score (nSPS) is 25.6. The number of nitriles is 1. The lowest BCUT2D eigenvalue weighted by Crippen LogP contribution is -2.59. The van der Waals surface area contributed by atoms with E-state index in [0.29, 0.717) is 12.5 Å². The van der Waals surface area contributed by atoms with Gasteiger partial charge in [0.2, 0.25) is 0 Å². The molecule has 3 heteroatoms. The third kappa shape index (κ3) is 2.46. The lowest BCUT2D eigenvalue weighted by molar-refractivity contribution is 0.0216. The molecule has 0 radical (unpaired) electrons. The zero-order chi connectivity index (χ0) is 10.8. The van der Waals surface area contributed by atoms with Gasteiger partial charge in [-0.3, -0.25) is 9.80 Å². The summed E-state index contributed by atoms with van der Waals surface area (Å²) in [6.45, 7) is 9.92. The molecule has 0 aromatic rings. The Labute approximate surface area is 87.3 Å². The van der Waals surface area contributed by atoms with Gasteiger partial charge in [0.05, 0.1) is 12.5 Å². The Kier molecular flexibility index (Phi) is 3.52. The number of nitrogens with zero attached hydrogens (tertiary/aromatic N) is 3. The number of piperazine rings is 1. The van der Waals surface area contributed by atoms with Crippen LogP contribution in [0.4, 0.5) is 0 Å². The first-order chi connectivity index (χ1) is 6.47. The summed E-state index contributed by atoms with van der Waals surface area (Å²) in [7, 11) is 2.17. The second kappa shape index (κ2) is 4.29. The predicted octanol–water partition coefficient (Wildman–Crippen LogP) is 1.31. The molecule has 1 aliphatic heterocycles. The summed E-state index contributed by atoms with van der Waals surface area (Å²) in [5.74, 6) is 0. The summed E-state index contributed by atoms with van der Waals surface area (Å²) < 4.78 is 0. The largest absolute Gasteiger partial charge is 0.299 e. The summed E-state index contributed by atoms with van der Waals surface area (Å²) in [4.78, 5) is 4.81. The zero-order valence-electron chi connectivity index (χ0n) is 9.75. The van der Waals surface area contributed by atoms with Crippen molar-refractivity contribution in [3.05, 3.63) is 0 Å². The minimum absolute atomic E-state index is 0.238. The van der Waals surface area contributed by atoms with Crippen molar-refractivity contribution < 1.29 is 0 Å². The van der Waals surface area contributed by atoms with E-state index in [1.54, 1.807) is 0 Å². The van der Waals surface area contributed by atoms with Gasteiger partial charge in [0.25, 0.3) is 0 Å². The Bertz CT molecular complexity index is 229. The lowest BCUT2D eigenvalue weighted by atomic mass is 9.98. The predicted molar refractivity (Wildman–Crippen MR) is 58.0 cm³/mol. The summed E-state index contributed by atoms with van der Waals surface area (Å²) in [6.07, 6.45) is 0.639. The molecule has 0 bridgehead atoms. The first kappa shape index (κ1) is 11.5. The maximum Gasteiger partial charge on any atom is 0.0638 e. The van der Waals surface area contributed by atoms with Crippen molar-refractivity contribution in [2.45, 2.75) is 38.8 Å². The molecule has 14 heavy (non-hydrogen) atoms. The number of hydrogen-bond donors (Lipinski definition) is 0. The van der Waals surface area contributed by atoms with Crippen LogP contribution in [0.3, 0.4) is 0 Å². The molecular weight excluding hydrogens is 174 g/mol. The molecule has 0 amide bonds. The minimum atomic E-state index is 0.238. The van der Waals surface area contributed by atoms with Crippen molar-refractivity contribution in [1.29, 1.82) is 5.26 Å². The SMILES string of the molecule is CC(CC#N)N1CCN(C)C(C)(C)C1. The Hall–Kier alpha value is -0.590. The molecular formula is C11H21N3. The van der Waals surface area contributed by atoms with Crippen LogP contribution in [0.2, 0.25) is 0 Å². The topological polar surface area (TPSA) is 30.3 Å². The van der Waals surface area contributed by atoms with Gasteiger partial charge in [-0.15, -0.1) is 0 Å². The smallest absolute Gasteiger partial charge is 0.0638 e. The van der Waals surface area contributed by atoms with Gasteiger partial charge in [0.1, 0.15) is 0 Å². The Morgan fingerprint density at radius 1 is 1.43 bits per heavy atom. The van der Waals surface area contributed by atoms with Crippen LogP contribution < -0.4 is 0 Å². The fourth-order valence-electron chi connectivity index (χ4n) is 1.92. The number of rotatable bonds is 2. The summed E-state index contributed by atoms with van der Waals surface area (Å²) >= 11 is 0. The number of hydrogen-bond acceptors (Lipinski definition) is 3. The average molecular weight is 195 g/mol. The number of likely N-dealkylation sites (N-methyl/N-ethyl adjacent to an activating group) is 1. The van der Waals surface area contributed by atoms with Crippen LogP contribution in [0.25, 0.3) is 0 Å². The van der Waals surface area contributed by atoms with Gasteiger partial charge >= 0.3 is 0 Å². The molecule has 1 saturated heterocycles. The molecule has 0 aromatic carbocycles. The second-order valence-corrected chi connectivity index (χ2v) is 4.92. The van der Waals surface area contributed by atoms with E-state index in [-0.39, 0.29) is 5.54 Å². The van der Waals surface area contributed by atoms with E-state index < -0.39 is 0 Å². The van der Waals surface area contributed by atoms with Crippen LogP contribution in [0, 0.1) is 11.3 Å². The zero-order valence-corrected chi connectivity index (χ0v) is 9.75. The quantitative estimate of drug-likeness (QED) is 0.665. The van der Waals surface area contributed by atoms with Crippen LogP contribution in [0.1, 0.15) is 27.2 Å². The van der Waals surface area contributed by atoms with E-state index in [4.69, 9.17) is 5.26 Å². The highest BCUT2D eigenvalue weighted by Gasteiger charge is 2.32. The first-order valence-electron chi connectivity index (χ1n) is 5.29. The van der Waals surface area contributed by atoms with E-state index in [1.807, 2.05) is 0 Å². The van der Waals surface area contributed by atoms with Gasteiger partial charge in [-0.05, 0) is 27.8 Å². The Balaban J connectivity index is 2.56. The third-order valence-corrected chi connectivity index (χ3v) is 3.36. The maximum absolute atomic E-state index is 8.66. The highest BCUT2D eigenvalue weighted by atomic mass is 15.3. The van der Waals surface area contributed by atoms with E-state index >= 15 is 0 Å². The van der Waals surface area contributed by atoms with Crippen molar-refractivity contribution in [3.63, 3.8) is 0 Å². The van der Waals surface area contributed by atoms with Gasteiger partial charge in [-0.25, -0.2) is 0 Å². The molecule has 0 saturated carbocycles. The standard InChI is InChI=1S/C11H21N3/c1-10(5-6-12)14-8-7-13(4)11(2,3)9-14/h10H,5,7-9H2,1-4H3.